The van der Waals surface area contributed by atoms with E-state index in [1.165, 1.54) is 6.07 Å². The molecule has 1 aliphatic heterocycles. The van der Waals surface area contributed by atoms with Gasteiger partial charge in [-0.15, -0.1) is 0 Å². The summed E-state index contributed by atoms with van der Waals surface area (Å²) in [5, 5.41) is 7.10. The van der Waals surface area contributed by atoms with Gasteiger partial charge in [0.05, 0.1) is 6.20 Å². The Hall–Kier alpha value is -2.47. The third kappa shape index (κ3) is 5.00. The van der Waals surface area contributed by atoms with Gasteiger partial charge < -0.3 is 5.32 Å². The highest BCUT2D eigenvalue weighted by atomic mass is 19.1. The first-order valence-corrected chi connectivity index (χ1v) is 8.53. The lowest BCUT2D eigenvalue weighted by Gasteiger charge is -2.32. The number of nitrogens with zero attached hydrogens (tertiary/aromatic N) is 3. The molecule has 1 aliphatic rings. The van der Waals surface area contributed by atoms with Crippen LogP contribution in [0, 0.1) is 5.82 Å². The van der Waals surface area contributed by atoms with E-state index in [1.54, 1.807) is 29.1 Å². The zero-order valence-electron chi connectivity index (χ0n) is 14.4. The number of carbonyl (C=O) groups excluding carboxylic acids is 1. The number of halogens is 1. The van der Waals surface area contributed by atoms with Crippen LogP contribution in [-0.4, -0.2) is 39.7 Å². The van der Waals surface area contributed by atoms with Crippen molar-refractivity contribution in [2.75, 3.05) is 13.1 Å². The minimum Gasteiger partial charge on any atom is -0.350 e. The third-order valence-corrected chi connectivity index (χ3v) is 4.44. The van der Waals surface area contributed by atoms with Crippen molar-refractivity contribution < 1.29 is 9.18 Å². The zero-order chi connectivity index (χ0) is 17.6. The van der Waals surface area contributed by atoms with Gasteiger partial charge in [-0.3, -0.25) is 14.4 Å². The Labute approximate surface area is 147 Å². The van der Waals surface area contributed by atoms with Gasteiger partial charge in [-0.1, -0.05) is 18.2 Å². The number of likely N-dealkylation sites (tertiary alicyclic amines) is 1. The molecule has 1 N–H and O–H groups in total. The standard InChI is InChI=1S/C19H23FN4O/c1-23-13-15(12-21-23)6-7-19(25)22-17-8-10-24(11-9-17)14-16-4-2-3-5-18(16)20/h2-7,12-13,17H,8-11,14H2,1H3,(H,22,25). The van der Waals surface area contributed by atoms with Crippen molar-refractivity contribution in [2.24, 2.45) is 7.05 Å². The smallest absolute Gasteiger partial charge is 0.244 e. The van der Waals surface area contributed by atoms with Gasteiger partial charge >= 0.3 is 0 Å². The second-order valence-electron chi connectivity index (χ2n) is 6.43. The van der Waals surface area contributed by atoms with Crippen LogP contribution in [0.1, 0.15) is 24.0 Å². The first-order valence-electron chi connectivity index (χ1n) is 8.53. The molecule has 132 valence electrons. The monoisotopic (exact) mass is 342 g/mol. The predicted octanol–water partition coefficient (Wildman–Crippen LogP) is 2.35. The van der Waals surface area contributed by atoms with Crippen molar-refractivity contribution in [1.82, 2.24) is 20.0 Å². The van der Waals surface area contributed by atoms with Crippen LogP contribution in [0.15, 0.2) is 42.7 Å². The molecule has 0 unspecified atom stereocenters. The maximum Gasteiger partial charge on any atom is 0.244 e. The number of aryl methyl sites for hydroxylation is 1. The van der Waals surface area contributed by atoms with Crippen LogP contribution in [0.25, 0.3) is 6.08 Å². The molecule has 2 heterocycles. The van der Waals surface area contributed by atoms with Gasteiger partial charge in [-0.25, -0.2) is 4.39 Å². The van der Waals surface area contributed by atoms with Crippen molar-refractivity contribution >= 4 is 12.0 Å². The molecular formula is C19H23FN4O. The number of carbonyl (C=O) groups is 1. The van der Waals surface area contributed by atoms with Crippen LogP contribution in [0.2, 0.25) is 0 Å². The second-order valence-corrected chi connectivity index (χ2v) is 6.43. The Morgan fingerprint density at radius 2 is 2.12 bits per heavy atom. The van der Waals surface area contributed by atoms with Crippen LogP contribution >= 0.6 is 0 Å². The topological polar surface area (TPSA) is 50.2 Å². The Bertz CT molecular complexity index is 747. The molecule has 1 amide bonds. The van der Waals surface area contributed by atoms with Gasteiger partial charge in [0.1, 0.15) is 5.82 Å². The lowest BCUT2D eigenvalue weighted by molar-refractivity contribution is -0.117. The SMILES string of the molecule is Cn1cc(C=CC(=O)NC2CCN(Cc3ccccc3F)CC2)cn1. The van der Waals surface area contributed by atoms with E-state index in [0.717, 1.165) is 37.1 Å². The zero-order valence-corrected chi connectivity index (χ0v) is 14.4. The van der Waals surface area contributed by atoms with Crippen LogP contribution < -0.4 is 5.32 Å². The summed E-state index contributed by atoms with van der Waals surface area (Å²) in [6.45, 7) is 2.32. The molecule has 0 spiro atoms. The van der Waals surface area contributed by atoms with Gasteiger partial charge in [0.2, 0.25) is 5.91 Å². The van der Waals surface area contributed by atoms with Crippen molar-refractivity contribution in [2.45, 2.75) is 25.4 Å². The summed E-state index contributed by atoms with van der Waals surface area (Å²) in [5.41, 5.74) is 1.63. The van der Waals surface area contributed by atoms with Crippen LogP contribution in [0.4, 0.5) is 4.39 Å². The molecule has 25 heavy (non-hydrogen) atoms. The van der Waals surface area contributed by atoms with Gasteiger partial charge in [-0.05, 0) is 25.0 Å². The van der Waals surface area contributed by atoms with Crippen molar-refractivity contribution in [3.63, 3.8) is 0 Å². The molecule has 1 saturated heterocycles. The molecule has 1 aromatic heterocycles. The fraction of sp³-hybridized carbons (Fsp3) is 0.368. The molecule has 0 radical (unpaired) electrons. The van der Waals surface area contributed by atoms with E-state index in [2.05, 4.69) is 15.3 Å². The first-order chi connectivity index (χ1) is 12.1. The maximum atomic E-state index is 13.7. The Kier molecular flexibility index (Phi) is 5.60. The van der Waals surface area contributed by atoms with Crippen LogP contribution in [0.5, 0.6) is 0 Å². The summed E-state index contributed by atoms with van der Waals surface area (Å²) in [6.07, 6.45) is 8.62. The highest BCUT2D eigenvalue weighted by Gasteiger charge is 2.20. The summed E-state index contributed by atoms with van der Waals surface area (Å²) < 4.78 is 15.4. The average Bonchev–Trinajstić information content (AvgIpc) is 3.02. The largest absolute Gasteiger partial charge is 0.350 e. The van der Waals surface area contributed by atoms with E-state index < -0.39 is 0 Å². The first kappa shape index (κ1) is 17.4. The van der Waals surface area contributed by atoms with Gasteiger partial charge in [0.25, 0.3) is 0 Å². The molecule has 5 nitrogen and oxygen atoms in total. The van der Waals surface area contributed by atoms with E-state index in [4.69, 9.17) is 0 Å². The summed E-state index contributed by atoms with van der Waals surface area (Å²) in [6, 6.07) is 7.06. The van der Waals surface area contributed by atoms with Crippen molar-refractivity contribution in [1.29, 1.82) is 0 Å². The van der Waals surface area contributed by atoms with Crippen molar-refractivity contribution in [3.8, 4) is 0 Å². The third-order valence-electron chi connectivity index (χ3n) is 4.44. The fourth-order valence-corrected chi connectivity index (χ4v) is 3.05. The van der Waals surface area contributed by atoms with E-state index in [1.807, 2.05) is 25.4 Å². The number of aromatic nitrogens is 2. The van der Waals surface area contributed by atoms with E-state index in [-0.39, 0.29) is 17.8 Å². The molecule has 2 aromatic rings. The predicted molar refractivity (Wildman–Crippen MR) is 95.1 cm³/mol. The molecule has 6 heteroatoms. The molecule has 3 rings (SSSR count). The second kappa shape index (κ2) is 8.07. The Morgan fingerprint density at radius 1 is 1.36 bits per heavy atom. The number of piperidine rings is 1. The fourth-order valence-electron chi connectivity index (χ4n) is 3.05. The van der Waals surface area contributed by atoms with E-state index in [0.29, 0.717) is 6.54 Å². The quantitative estimate of drug-likeness (QED) is 0.849. The average molecular weight is 342 g/mol. The molecular weight excluding hydrogens is 319 g/mol. The summed E-state index contributed by atoms with van der Waals surface area (Å²) in [7, 11) is 1.84. The van der Waals surface area contributed by atoms with Gasteiger partial charge in [0.15, 0.2) is 0 Å². The van der Waals surface area contributed by atoms with Crippen LogP contribution in [-0.2, 0) is 18.4 Å². The molecule has 0 aliphatic carbocycles. The number of nitrogens with one attached hydrogen (secondary N) is 1. The van der Waals surface area contributed by atoms with Crippen molar-refractivity contribution in [3.05, 3.63) is 59.7 Å². The summed E-state index contributed by atoms with van der Waals surface area (Å²) in [5.74, 6) is -0.241. The number of hydrogen-bond donors (Lipinski definition) is 1. The summed E-state index contributed by atoms with van der Waals surface area (Å²) in [4.78, 5) is 14.2. The van der Waals surface area contributed by atoms with Gasteiger partial charge in [-0.2, -0.15) is 5.10 Å². The molecule has 0 saturated carbocycles. The number of benzene rings is 1. The Balaban J connectivity index is 1.44. The number of hydrogen-bond acceptors (Lipinski definition) is 3. The molecule has 1 aromatic carbocycles. The Morgan fingerprint density at radius 3 is 2.80 bits per heavy atom. The maximum absolute atomic E-state index is 13.7. The van der Waals surface area contributed by atoms with E-state index in [9.17, 15) is 9.18 Å². The van der Waals surface area contributed by atoms with Gasteiger partial charge in [0, 0.05) is 56.1 Å². The van der Waals surface area contributed by atoms with Crippen LogP contribution in [0.3, 0.4) is 0 Å². The normalized spacial score (nSPS) is 16.4. The molecule has 1 fully saturated rings. The summed E-state index contributed by atoms with van der Waals surface area (Å²) >= 11 is 0. The number of amides is 1. The lowest BCUT2D eigenvalue weighted by atomic mass is 10.0. The highest BCUT2D eigenvalue weighted by molar-refractivity contribution is 5.91. The minimum atomic E-state index is -0.154. The van der Waals surface area contributed by atoms with E-state index >= 15 is 0 Å². The lowest BCUT2D eigenvalue weighted by Crippen LogP contribution is -2.43. The molecule has 0 atom stereocenters. The minimum absolute atomic E-state index is 0.0867. The molecule has 0 bridgehead atoms. The number of rotatable bonds is 5. The highest BCUT2D eigenvalue weighted by Crippen LogP contribution is 2.15.